The van der Waals surface area contributed by atoms with Crippen molar-refractivity contribution in [1.82, 2.24) is 0 Å². The highest BCUT2D eigenvalue weighted by molar-refractivity contribution is 14.1. The Labute approximate surface area is 112 Å². The summed E-state index contributed by atoms with van der Waals surface area (Å²) < 4.78 is 6.62. The molecular formula is C13H11IOSi. The first-order valence-corrected chi connectivity index (χ1v) is 7.03. The Bertz CT molecular complexity index is 471. The lowest BCUT2D eigenvalue weighted by Gasteiger charge is -2.08. The SMILES string of the molecule is COc1ccc(I)cc1[Si]c1ccccc1. The smallest absolute Gasteiger partial charge is 0.126 e. The zero-order valence-electron chi connectivity index (χ0n) is 8.91. The van der Waals surface area contributed by atoms with Gasteiger partial charge in [-0.2, -0.15) is 0 Å². The van der Waals surface area contributed by atoms with E-state index < -0.39 is 0 Å². The molecular weight excluding hydrogens is 327 g/mol. The second-order valence-electron chi connectivity index (χ2n) is 3.34. The second kappa shape index (κ2) is 5.50. The third kappa shape index (κ3) is 2.86. The Morgan fingerprint density at radius 1 is 1.06 bits per heavy atom. The fourth-order valence-corrected chi connectivity index (χ4v) is 3.45. The van der Waals surface area contributed by atoms with Gasteiger partial charge < -0.3 is 4.74 Å². The normalized spacial score (nSPS) is 10.1. The number of rotatable bonds is 3. The molecule has 3 heteroatoms. The van der Waals surface area contributed by atoms with Crippen LogP contribution in [0.25, 0.3) is 0 Å². The van der Waals surface area contributed by atoms with Gasteiger partial charge in [-0.15, -0.1) is 0 Å². The van der Waals surface area contributed by atoms with Crippen LogP contribution in [0, 0.1) is 3.57 Å². The summed E-state index contributed by atoms with van der Waals surface area (Å²) in [4.78, 5) is 0. The molecule has 0 atom stereocenters. The van der Waals surface area contributed by atoms with Crippen LogP contribution in [0.1, 0.15) is 0 Å². The predicted molar refractivity (Wildman–Crippen MR) is 77.2 cm³/mol. The Morgan fingerprint density at radius 3 is 2.50 bits per heavy atom. The van der Waals surface area contributed by atoms with Crippen molar-refractivity contribution in [2.24, 2.45) is 0 Å². The van der Waals surface area contributed by atoms with Crippen molar-refractivity contribution < 1.29 is 4.74 Å². The molecule has 80 valence electrons. The van der Waals surface area contributed by atoms with Crippen LogP contribution in [-0.2, 0) is 0 Å². The third-order valence-electron chi connectivity index (χ3n) is 2.21. The van der Waals surface area contributed by atoms with Gasteiger partial charge in [-0.1, -0.05) is 35.5 Å². The molecule has 0 aliphatic heterocycles. The van der Waals surface area contributed by atoms with Crippen LogP contribution < -0.4 is 15.1 Å². The number of halogens is 1. The number of benzene rings is 2. The lowest BCUT2D eigenvalue weighted by atomic mass is 10.3. The number of methoxy groups -OCH3 is 1. The summed E-state index contributed by atoms with van der Waals surface area (Å²) in [5.41, 5.74) is 0. The fourth-order valence-electron chi connectivity index (χ4n) is 1.45. The lowest BCUT2D eigenvalue weighted by Crippen LogP contribution is -2.28. The summed E-state index contributed by atoms with van der Waals surface area (Å²) in [6.07, 6.45) is 0. The maximum absolute atomic E-state index is 5.38. The fraction of sp³-hybridized carbons (Fsp3) is 0.0769. The van der Waals surface area contributed by atoms with Crippen LogP contribution in [0.2, 0.25) is 0 Å². The van der Waals surface area contributed by atoms with E-state index in [1.54, 1.807) is 7.11 Å². The van der Waals surface area contributed by atoms with Gasteiger partial charge in [0.25, 0.3) is 0 Å². The zero-order valence-corrected chi connectivity index (χ0v) is 12.1. The van der Waals surface area contributed by atoms with Crippen molar-refractivity contribution in [2.75, 3.05) is 7.11 Å². The summed E-state index contributed by atoms with van der Waals surface area (Å²) in [5, 5.41) is 2.60. The summed E-state index contributed by atoms with van der Waals surface area (Å²) >= 11 is 2.33. The Kier molecular flexibility index (Phi) is 4.01. The zero-order chi connectivity index (χ0) is 11.4. The molecule has 2 radical (unpaired) electrons. The van der Waals surface area contributed by atoms with Crippen LogP contribution in [0.3, 0.4) is 0 Å². The molecule has 0 bridgehead atoms. The quantitative estimate of drug-likeness (QED) is 0.614. The van der Waals surface area contributed by atoms with E-state index in [0.29, 0.717) is 9.52 Å². The van der Waals surface area contributed by atoms with Gasteiger partial charge in [-0.25, -0.2) is 0 Å². The molecule has 0 saturated carbocycles. The first-order valence-electron chi connectivity index (χ1n) is 4.95. The number of ether oxygens (including phenoxy) is 1. The van der Waals surface area contributed by atoms with Crippen LogP contribution >= 0.6 is 22.6 Å². The van der Waals surface area contributed by atoms with Crippen LogP contribution in [0.15, 0.2) is 48.5 Å². The van der Waals surface area contributed by atoms with Crippen molar-refractivity contribution in [3.63, 3.8) is 0 Å². The van der Waals surface area contributed by atoms with Crippen LogP contribution in [0.5, 0.6) is 5.75 Å². The summed E-state index contributed by atoms with van der Waals surface area (Å²) in [5.74, 6) is 0.975. The molecule has 0 spiro atoms. The minimum absolute atomic E-state index is 0.649. The number of hydrogen-bond acceptors (Lipinski definition) is 1. The van der Waals surface area contributed by atoms with E-state index in [1.807, 2.05) is 12.1 Å². The first kappa shape index (κ1) is 11.7. The van der Waals surface area contributed by atoms with Gasteiger partial charge in [0, 0.05) is 3.57 Å². The monoisotopic (exact) mass is 338 g/mol. The maximum atomic E-state index is 5.38. The predicted octanol–water partition coefficient (Wildman–Crippen LogP) is 1.95. The van der Waals surface area contributed by atoms with Crippen LogP contribution in [-0.4, -0.2) is 16.6 Å². The van der Waals surface area contributed by atoms with Gasteiger partial charge >= 0.3 is 0 Å². The molecule has 0 heterocycles. The van der Waals surface area contributed by atoms with Gasteiger partial charge in [0.05, 0.1) is 7.11 Å². The number of hydrogen-bond donors (Lipinski definition) is 0. The van der Waals surface area contributed by atoms with E-state index in [0.717, 1.165) is 5.75 Å². The molecule has 0 unspecified atom stereocenters. The van der Waals surface area contributed by atoms with Gasteiger partial charge in [0.1, 0.15) is 15.3 Å². The molecule has 0 aliphatic carbocycles. The first-order chi connectivity index (χ1) is 7.79. The Morgan fingerprint density at radius 2 is 1.81 bits per heavy atom. The minimum atomic E-state index is 0.649. The standard InChI is InChI=1S/C13H11IOSi/c1-15-12-8-7-10(14)9-13(12)16-11-5-3-2-4-6-11/h2-9H,1H3. The molecule has 0 saturated heterocycles. The molecule has 1 nitrogen and oxygen atoms in total. The molecule has 0 N–H and O–H groups in total. The van der Waals surface area contributed by atoms with Crippen molar-refractivity contribution in [1.29, 1.82) is 0 Å². The molecule has 16 heavy (non-hydrogen) atoms. The van der Waals surface area contributed by atoms with Crippen molar-refractivity contribution >= 4 is 42.5 Å². The summed E-state index contributed by atoms with van der Waals surface area (Å²) in [7, 11) is 2.37. The molecule has 0 aromatic heterocycles. The molecule has 0 amide bonds. The van der Waals surface area contributed by atoms with E-state index >= 15 is 0 Å². The Balaban J connectivity index is 2.30. The molecule has 2 aromatic rings. The highest BCUT2D eigenvalue weighted by atomic mass is 127. The van der Waals surface area contributed by atoms with Crippen molar-refractivity contribution in [3.05, 3.63) is 52.1 Å². The molecule has 0 aliphatic rings. The van der Waals surface area contributed by atoms with E-state index in [1.165, 1.54) is 13.9 Å². The van der Waals surface area contributed by atoms with Crippen molar-refractivity contribution in [3.8, 4) is 5.75 Å². The lowest BCUT2D eigenvalue weighted by molar-refractivity contribution is 0.418. The van der Waals surface area contributed by atoms with Crippen molar-refractivity contribution in [2.45, 2.75) is 0 Å². The van der Waals surface area contributed by atoms with E-state index in [4.69, 9.17) is 4.74 Å². The highest BCUT2D eigenvalue weighted by Crippen LogP contribution is 2.10. The van der Waals surface area contributed by atoms with E-state index in [9.17, 15) is 0 Å². The van der Waals surface area contributed by atoms with E-state index in [-0.39, 0.29) is 0 Å². The maximum Gasteiger partial charge on any atom is 0.126 e. The second-order valence-corrected chi connectivity index (χ2v) is 5.95. The molecule has 2 rings (SSSR count). The molecule has 0 fully saturated rings. The van der Waals surface area contributed by atoms with Gasteiger partial charge in [0.2, 0.25) is 0 Å². The minimum Gasteiger partial charge on any atom is -0.497 e. The summed E-state index contributed by atoms with van der Waals surface area (Å²) in [6.45, 7) is 0. The van der Waals surface area contributed by atoms with Gasteiger partial charge in [-0.3, -0.25) is 0 Å². The topological polar surface area (TPSA) is 9.23 Å². The average Bonchev–Trinajstić information content (AvgIpc) is 2.31. The third-order valence-corrected chi connectivity index (χ3v) is 4.17. The van der Waals surface area contributed by atoms with Crippen LogP contribution in [0.4, 0.5) is 0 Å². The molecule has 2 aromatic carbocycles. The Hall–Kier alpha value is -0.813. The highest BCUT2D eigenvalue weighted by Gasteiger charge is 2.05. The van der Waals surface area contributed by atoms with E-state index in [2.05, 4.69) is 59.0 Å². The average molecular weight is 338 g/mol. The summed E-state index contributed by atoms with van der Waals surface area (Å²) in [6, 6.07) is 16.8. The van der Waals surface area contributed by atoms with Gasteiger partial charge in [0.15, 0.2) is 0 Å². The van der Waals surface area contributed by atoms with Gasteiger partial charge in [-0.05, 0) is 46.0 Å². The largest absolute Gasteiger partial charge is 0.497 e.